The van der Waals surface area contributed by atoms with E-state index in [1.807, 2.05) is 0 Å². The highest BCUT2D eigenvalue weighted by atomic mass is 32.2. The molecule has 78 valence electrons. The molecule has 4 nitrogen and oxygen atoms in total. The molecule has 14 heavy (non-hydrogen) atoms. The van der Waals surface area contributed by atoms with Crippen LogP contribution in [0.15, 0.2) is 0 Å². The van der Waals surface area contributed by atoms with Crippen molar-refractivity contribution >= 4 is 23.6 Å². The maximum absolute atomic E-state index is 11.6. The highest BCUT2D eigenvalue weighted by Gasteiger charge is 2.52. The Labute approximate surface area is 86.4 Å². The molecule has 0 spiro atoms. The Bertz CT molecular complexity index is 269. The second-order valence-corrected chi connectivity index (χ2v) is 5.19. The van der Waals surface area contributed by atoms with Crippen LogP contribution in [0.4, 0.5) is 0 Å². The van der Waals surface area contributed by atoms with Gasteiger partial charge >= 0.3 is 5.97 Å². The summed E-state index contributed by atoms with van der Waals surface area (Å²) in [5.41, 5.74) is -0.916. The summed E-state index contributed by atoms with van der Waals surface area (Å²) in [5.74, 6) is 0.0271. The minimum atomic E-state index is -0.916. The summed E-state index contributed by atoms with van der Waals surface area (Å²) in [4.78, 5) is 22.4. The maximum Gasteiger partial charge on any atom is 0.329 e. The number of thioether (sulfide) groups is 1. The predicted octanol–water partition coefficient (Wildman–Crippen LogP) is 0.615. The van der Waals surface area contributed by atoms with E-state index < -0.39 is 11.5 Å². The van der Waals surface area contributed by atoms with Crippen LogP contribution in [-0.4, -0.2) is 33.5 Å². The van der Waals surface area contributed by atoms with Crippen LogP contribution >= 0.6 is 11.8 Å². The van der Waals surface area contributed by atoms with Crippen molar-refractivity contribution in [2.45, 2.75) is 36.5 Å². The molecule has 0 aromatic heterocycles. The van der Waals surface area contributed by atoms with Gasteiger partial charge in [0.15, 0.2) is 0 Å². The number of nitrogens with one attached hydrogen (secondary N) is 1. The lowest BCUT2D eigenvalue weighted by Crippen LogP contribution is -2.46. The number of carboxylic acid groups (broad SMARTS) is 1. The summed E-state index contributed by atoms with van der Waals surface area (Å²) >= 11 is 1.63. The monoisotopic (exact) mass is 215 g/mol. The molecule has 1 aliphatic carbocycles. The van der Waals surface area contributed by atoms with E-state index in [1.165, 1.54) is 0 Å². The van der Waals surface area contributed by atoms with Gasteiger partial charge in [0.05, 0.1) is 5.25 Å². The van der Waals surface area contributed by atoms with E-state index in [0.29, 0.717) is 12.8 Å². The lowest BCUT2D eigenvalue weighted by atomic mass is 10.2. The van der Waals surface area contributed by atoms with Gasteiger partial charge in [0.25, 0.3) is 0 Å². The van der Waals surface area contributed by atoms with E-state index >= 15 is 0 Å². The molecule has 0 aromatic carbocycles. The number of aliphatic carboxylic acids is 1. The van der Waals surface area contributed by atoms with Gasteiger partial charge in [-0.3, -0.25) is 4.79 Å². The van der Waals surface area contributed by atoms with Crippen molar-refractivity contribution in [2.75, 3.05) is 5.75 Å². The number of rotatable bonds is 3. The number of amides is 1. The van der Waals surface area contributed by atoms with Crippen LogP contribution < -0.4 is 5.32 Å². The Morgan fingerprint density at radius 2 is 2.14 bits per heavy atom. The number of hydrogen-bond donors (Lipinski definition) is 2. The fourth-order valence-corrected chi connectivity index (χ4v) is 2.78. The summed E-state index contributed by atoms with van der Waals surface area (Å²) in [6, 6.07) is 0. The first-order valence-corrected chi connectivity index (χ1v) is 5.86. The molecule has 0 bridgehead atoms. The van der Waals surface area contributed by atoms with Gasteiger partial charge in [0, 0.05) is 0 Å². The lowest BCUT2D eigenvalue weighted by Gasteiger charge is -2.15. The van der Waals surface area contributed by atoms with E-state index in [2.05, 4.69) is 5.32 Å². The van der Waals surface area contributed by atoms with Gasteiger partial charge in [-0.15, -0.1) is 11.8 Å². The number of carbonyl (C=O) groups is 2. The fourth-order valence-electron chi connectivity index (χ4n) is 1.62. The summed E-state index contributed by atoms with van der Waals surface area (Å²) in [6.07, 6.45) is 3.09. The molecule has 0 aromatic rings. The van der Waals surface area contributed by atoms with Crippen LogP contribution in [0.25, 0.3) is 0 Å². The van der Waals surface area contributed by atoms with Gasteiger partial charge in [-0.25, -0.2) is 4.79 Å². The molecule has 1 unspecified atom stereocenters. The number of carbonyl (C=O) groups excluding carboxylic acids is 1. The first-order valence-electron chi connectivity index (χ1n) is 4.81. The Morgan fingerprint density at radius 3 is 2.57 bits per heavy atom. The van der Waals surface area contributed by atoms with Gasteiger partial charge in [0.2, 0.25) is 5.91 Å². The molecule has 1 atom stereocenters. The number of hydrogen-bond acceptors (Lipinski definition) is 3. The molecule has 1 saturated heterocycles. The van der Waals surface area contributed by atoms with Crippen molar-refractivity contribution < 1.29 is 14.7 Å². The zero-order valence-corrected chi connectivity index (χ0v) is 8.60. The van der Waals surface area contributed by atoms with Crippen molar-refractivity contribution in [1.29, 1.82) is 0 Å². The third-order valence-electron chi connectivity index (χ3n) is 2.74. The molecule has 1 heterocycles. The SMILES string of the molecule is O=C(NC1(C(=O)O)CC1)C1CCCS1. The zero-order chi connectivity index (χ0) is 10.2. The molecule has 1 aliphatic heterocycles. The lowest BCUT2D eigenvalue weighted by molar-refractivity contribution is -0.143. The van der Waals surface area contributed by atoms with Crippen LogP contribution in [0, 0.1) is 0 Å². The van der Waals surface area contributed by atoms with Crippen molar-refractivity contribution in [3.63, 3.8) is 0 Å². The minimum Gasteiger partial charge on any atom is -0.480 e. The highest BCUT2D eigenvalue weighted by Crippen LogP contribution is 2.36. The van der Waals surface area contributed by atoms with Crippen LogP contribution in [0.3, 0.4) is 0 Å². The van der Waals surface area contributed by atoms with Gasteiger partial charge < -0.3 is 10.4 Å². The smallest absolute Gasteiger partial charge is 0.329 e. The number of carboxylic acids is 1. The van der Waals surface area contributed by atoms with E-state index in [-0.39, 0.29) is 11.2 Å². The average Bonchev–Trinajstić information content (AvgIpc) is 2.74. The maximum atomic E-state index is 11.6. The summed E-state index contributed by atoms with van der Waals surface area (Å²) < 4.78 is 0. The Morgan fingerprint density at radius 1 is 1.43 bits per heavy atom. The topological polar surface area (TPSA) is 66.4 Å². The van der Waals surface area contributed by atoms with E-state index in [4.69, 9.17) is 5.11 Å². The first kappa shape index (κ1) is 9.83. The molecule has 1 amide bonds. The summed E-state index contributed by atoms with van der Waals surface area (Å²) in [5, 5.41) is 11.5. The zero-order valence-electron chi connectivity index (χ0n) is 7.78. The minimum absolute atomic E-state index is 0.0215. The molecule has 0 radical (unpaired) electrons. The Balaban J connectivity index is 1.91. The third-order valence-corrected chi connectivity index (χ3v) is 4.12. The summed E-state index contributed by atoms with van der Waals surface area (Å²) in [7, 11) is 0. The van der Waals surface area contributed by atoms with Crippen LogP contribution in [0.2, 0.25) is 0 Å². The largest absolute Gasteiger partial charge is 0.480 e. The molecular formula is C9H13NO3S. The normalized spacial score (nSPS) is 28.4. The second kappa shape index (κ2) is 3.46. The molecule has 5 heteroatoms. The van der Waals surface area contributed by atoms with Crippen molar-refractivity contribution in [2.24, 2.45) is 0 Å². The van der Waals surface area contributed by atoms with Gasteiger partial charge in [-0.05, 0) is 31.4 Å². The first-order chi connectivity index (χ1) is 6.64. The van der Waals surface area contributed by atoms with Gasteiger partial charge in [0.1, 0.15) is 5.54 Å². The average molecular weight is 215 g/mol. The molecular weight excluding hydrogens is 202 g/mol. The molecule has 2 rings (SSSR count). The van der Waals surface area contributed by atoms with Crippen molar-refractivity contribution in [3.05, 3.63) is 0 Å². The Hall–Kier alpha value is -0.710. The van der Waals surface area contributed by atoms with E-state index in [1.54, 1.807) is 11.8 Å². The molecule has 2 N–H and O–H groups in total. The third kappa shape index (κ3) is 1.73. The highest BCUT2D eigenvalue weighted by molar-refractivity contribution is 8.00. The second-order valence-electron chi connectivity index (χ2n) is 3.88. The molecule has 1 saturated carbocycles. The van der Waals surface area contributed by atoms with E-state index in [9.17, 15) is 9.59 Å². The quantitative estimate of drug-likeness (QED) is 0.724. The van der Waals surface area contributed by atoms with E-state index in [0.717, 1.165) is 18.6 Å². The predicted molar refractivity (Wildman–Crippen MR) is 53.2 cm³/mol. The fraction of sp³-hybridized carbons (Fsp3) is 0.778. The Kier molecular flexibility index (Phi) is 2.43. The van der Waals surface area contributed by atoms with Crippen LogP contribution in [-0.2, 0) is 9.59 Å². The van der Waals surface area contributed by atoms with Crippen LogP contribution in [0.1, 0.15) is 25.7 Å². The standard InChI is InChI=1S/C9H13NO3S/c11-7(6-2-1-5-14-6)10-9(3-4-9)8(12)13/h6H,1-5H2,(H,10,11)(H,12,13). The molecule has 2 aliphatic rings. The van der Waals surface area contributed by atoms with Crippen LogP contribution in [0.5, 0.6) is 0 Å². The van der Waals surface area contributed by atoms with Crippen molar-refractivity contribution in [3.8, 4) is 0 Å². The summed E-state index contributed by atoms with van der Waals surface area (Å²) in [6.45, 7) is 0. The van der Waals surface area contributed by atoms with Gasteiger partial charge in [-0.1, -0.05) is 0 Å². The van der Waals surface area contributed by atoms with Gasteiger partial charge in [-0.2, -0.15) is 0 Å². The van der Waals surface area contributed by atoms with Crippen molar-refractivity contribution in [1.82, 2.24) is 5.32 Å². The molecule has 2 fully saturated rings.